The maximum absolute atomic E-state index is 13.2. The van der Waals surface area contributed by atoms with E-state index in [-0.39, 0.29) is 10.9 Å². The van der Waals surface area contributed by atoms with Crippen LogP contribution in [0.25, 0.3) is 0 Å². The summed E-state index contributed by atoms with van der Waals surface area (Å²) < 4.78 is 13.2. The predicted octanol–water partition coefficient (Wildman–Crippen LogP) is 3.30. The SMILES string of the molecule is CN(C)CCCNC(=O)c1cncc(Nc2ccc(F)c(Cl)c2)c1. The van der Waals surface area contributed by atoms with Crippen molar-refractivity contribution in [1.82, 2.24) is 15.2 Å². The monoisotopic (exact) mass is 350 g/mol. The Morgan fingerprint density at radius 3 is 2.75 bits per heavy atom. The zero-order valence-corrected chi connectivity index (χ0v) is 14.4. The van der Waals surface area contributed by atoms with Crippen molar-refractivity contribution in [3.63, 3.8) is 0 Å². The Bertz CT molecular complexity index is 709. The van der Waals surface area contributed by atoms with Crippen molar-refractivity contribution in [2.24, 2.45) is 0 Å². The van der Waals surface area contributed by atoms with Crippen LogP contribution in [0.4, 0.5) is 15.8 Å². The number of pyridine rings is 1. The Morgan fingerprint density at radius 1 is 1.25 bits per heavy atom. The van der Waals surface area contributed by atoms with E-state index in [9.17, 15) is 9.18 Å². The minimum absolute atomic E-state index is 0.0303. The molecule has 1 amide bonds. The van der Waals surface area contributed by atoms with Gasteiger partial charge in [0.05, 0.1) is 22.5 Å². The first-order chi connectivity index (χ1) is 11.5. The summed E-state index contributed by atoms with van der Waals surface area (Å²) >= 11 is 5.76. The number of aromatic nitrogens is 1. The molecule has 0 aliphatic carbocycles. The number of hydrogen-bond donors (Lipinski definition) is 2. The Labute approximate surface area is 145 Å². The van der Waals surface area contributed by atoms with E-state index in [2.05, 4.69) is 20.5 Å². The number of nitrogens with one attached hydrogen (secondary N) is 2. The van der Waals surface area contributed by atoms with Crippen LogP contribution >= 0.6 is 11.6 Å². The molecule has 0 unspecified atom stereocenters. The van der Waals surface area contributed by atoms with Crippen LogP contribution in [0.15, 0.2) is 36.7 Å². The molecule has 7 heteroatoms. The fourth-order valence-electron chi connectivity index (χ4n) is 2.07. The number of amides is 1. The lowest BCUT2D eigenvalue weighted by atomic mass is 10.2. The van der Waals surface area contributed by atoms with E-state index in [1.54, 1.807) is 18.3 Å². The zero-order chi connectivity index (χ0) is 17.5. The number of carbonyl (C=O) groups excluding carboxylic acids is 1. The third kappa shape index (κ3) is 5.47. The molecule has 0 spiro atoms. The van der Waals surface area contributed by atoms with Gasteiger partial charge < -0.3 is 15.5 Å². The van der Waals surface area contributed by atoms with Crippen LogP contribution in [-0.2, 0) is 0 Å². The molecule has 2 aromatic rings. The number of nitrogens with zero attached hydrogens (tertiary/aromatic N) is 2. The molecule has 24 heavy (non-hydrogen) atoms. The number of anilines is 2. The fraction of sp³-hybridized carbons (Fsp3) is 0.294. The molecule has 2 N–H and O–H groups in total. The number of hydrogen-bond acceptors (Lipinski definition) is 4. The first-order valence-corrected chi connectivity index (χ1v) is 7.93. The van der Waals surface area contributed by atoms with E-state index in [1.807, 2.05) is 14.1 Å². The first kappa shape index (κ1) is 18.2. The predicted molar refractivity (Wildman–Crippen MR) is 94.4 cm³/mol. The van der Waals surface area contributed by atoms with Gasteiger partial charge in [0, 0.05) is 18.4 Å². The summed E-state index contributed by atoms with van der Waals surface area (Å²) in [4.78, 5) is 18.3. The largest absolute Gasteiger partial charge is 0.354 e. The molecular formula is C17H20ClFN4O. The summed E-state index contributed by atoms with van der Waals surface area (Å²) in [6.07, 6.45) is 3.96. The molecule has 0 saturated carbocycles. The van der Waals surface area contributed by atoms with Gasteiger partial charge in [-0.3, -0.25) is 9.78 Å². The van der Waals surface area contributed by atoms with Crippen molar-refractivity contribution in [2.75, 3.05) is 32.5 Å². The van der Waals surface area contributed by atoms with Gasteiger partial charge in [-0.1, -0.05) is 11.6 Å². The minimum atomic E-state index is -0.480. The summed E-state index contributed by atoms with van der Waals surface area (Å²) in [6.45, 7) is 1.51. The number of carbonyl (C=O) groups is 1. The van der Waals surface area contributed by atoms with E-state index in [0.29, 0.717) is 23.5 Å². The van der Waals surface area contributed by atoms with Crippen LogP contribution in [0.3, 0.4) is 0 Å². The molecule has 0 atom stereocenters. The lowest BCUT2D eigenvalue weighted by Gasteiger charge is -2.11. The summed E-state index contributed by atoms with van der Waals surface area (Å²) in [6, 6.07) is 6.00. The Balaban J connectivity index is 1.97. The molecule has 0 aliphatic heterocycles. The standard InChI is InChI=1S/C17H20ClFN4O/c1-23(2)7-3-6-21-17(24)12-8-14(11-20-10-12)22-13-4-5-16(19)15(18)9-13/h4-5,8-11,22H,3,6-7H2,1-2H3,(H,21,24). The van der Waals surface area contributed by atoms with Crippen molar-refractivity contribution in [1.29, 1.82) is 0 Å². The highest BCUT2D eigenvalue weighted by atomic mass is 35.5. The van der Waals surface area contributed by atoms with Crippen molar-refractivity contribution in [3.05, 3.63) is 53.1 Å². The summed E-state index contributed by atoms with van der Waals surface area (Å²) in [5, 5.41) is 5.94. The van der Waals surface area contributed by atoms with Gasteiger partial charge >= 0.3 is 0 Å². The Hall–Kier alpha value is -2.18. The molecule has 1 aromatic carbocycles. The average Bonchev–Trinajstić information content (AvgIpc) is 2.55. The van der Waals surface area contributed by atoms with E-state index in [0.717, 1.165) is 13.0 Å². The highest BCUT2D eigenvalue weighted by molar-refractivity contribution is 6.31. The highest BCUT2D eigenvalue weighted by Crippen LogP contribution is 2.22. The second-order valence-corrected chi connectivity index (χ2v) is 6.04. The molecule has 0 bridgehead atoms. The van der Waals surface area contributed by atoms with E-state index in [4.69, 9.17) is 11.6 Å². The maximum Gasteiger partial charge on any atom is 0.252 e. The number of rotatable bonds is 7. The van der Waals surface area contributed by atoms with E-state index >= 15 is 0 Å². The normalized spacial score (nSPS) is 10.7. The molecule has 0 saturated heterocycles. The van der Waals surface area contributed by atoms with Gasteiger partial charge in [-0.25, -0.2) is 4.39 Å². The second kappa shape index (κ2) is 8.61. The molecule has 128 valence electrons. The molecule has 1 heterocycles. The van der Waals surface area contributed by atoms with Crippen LogP contribution in [0, 0.1) is 5.82 Å². The van der Waals surface area contributed by atoms with E-state index < -0.39 is 5.82 Å². The van der Waals surface area contributed by atoms with Gasteiger partial charge in [-0.15, -0.1) is 0 Å². The van der Waals surface area contributed by atoms with Gasteiger partial charge in [-0.05, 0) is 51.3 Å². The lowest BCUT2D eigenvalue weighted by Crippen LogP contribution is -2.27. The van der Waals surface area contributed by atoms with Gasteiger partial charge in [0.2, 0.25) is 0 Å². The third-order valence-corrected chi connectivity index (χ3v) is 3.57. The van der Waals surface area contributed by atoms with Crippen molar-refractivity contribution in [2.45, 2.75) is 6.42 Å². The van der Waals surface area contributed by atoms with Crippen molar-refractivity contribution < 1.29 is 9.18 Å². The van der Waals surface area contributed by atoms with Gasteiger partial charge in [-0.2, -0.15) is 0 Å². The Kier molecular flexibility index (Phi) is 6.52. The molecule has 5 nitrogen and oxygen atoms in total. The summed E-state index contributed by atoms with van der Waals surface area (Å²) in [5.41, 5.74) is 1.70. The second-order valence-electron chi connectivity index (χ2n) is 5.63. The lowest BCUT2D eigenvalue weighted by molar-refractivity contribution is 0.0952. The van der Waals surface area contributed by atoms with Crippen LogP contribution < -0.4 is 10.6 Å². The Morgan fingerprint density at radius 2 is 2.04 bits per heavy atom. The quantitative estimate of drug-likeness (QED) is 0.752. The molecule has 0 radical (unpaired) electrons. The van der Waals surface area contributed by atoms with Crippen molar-refractivity contribution >= 4 is 28.9 Å². The maximum atomic E-state index is 13.2. The highest BCUT2D eigenvalue weighted by Gasteiger charge is 2.07. The average molecular weight is 351 g/mol. The topological polar surface area (TPSA) is 57.3 Å². The molecule has 0 fully saturated rings. The zero-order valence-electron chi connectivity index (χ0n) is 13.6. The van der Waals surface area contributed by atoms with Crippen molar-refractivity contribution in [3.8, 4) is 0 Å². The van der Waals surface area contributed by atoms with Gasteiger partial charge in [0.1, 0.15) is 5.82 Å². The molecule has 2 rings (SSSR count). The van der Waals surface area contributed by atoms with Crippen LogP contribution in [0.2, 0.25) is 5.02 Å². The van der Waals surface area contributed by atoms with Gasteiger partial charge in [0.15, 0.2) is 0 Å². The summed E-state index contributed by atoms with van der Waals surface area (Å²) in [7, 11) is 3.98. The number of benzene rings is 1. The fourth-order valence-corrected chi connectivity index (χ4v) is 2.25. The molecular weight excluding hydrogens is 331 g/mol. The van der Waals surface area contributed by atoms with E-state index in [1.165, 1.54) is 18.3 Å². The van der Waals surface area contributed by atoms with Crippen LogP contribution in [0.1, 0.15) is 16.8 Å². The molecule has 1 aromatic heterocycles. The van der Waals surface area contributed by atoms with Gasteiger partial charge in [0.25, 0.3) is 5.91 Å². The van der Waals surface area contributed by atoms with Crippen LogP contribution in [0.5, 0.6) is 0 Å². The first-order valence-electron chi connectivity index (χ1n) is 7.56. The number of halogens is 2. The third-order valence-electron chi connectivity index (χ3n) is 3.28. The smallest absolute Gasteiger partial charge is 0.252 e. The molecule has 0 aliphatic rings. The van der Waals surface area contributed by atoms with Crippen LogP contribution in [-0.4, -0.2) is 43.0 Å². The minimum Gasteiger partial charge on any atom is -0.354 e. The summed E-state index contributed by atoms with van der Waals surface area (Å²) in [5.74, 6) is -0.659.